The summed E-state index contributed by atoms with van der Waals surface area (Å²) in [6.07, 6.45) is 3.31. The van der Waals surface area contributed by atoms with E-state index < -0.39 is 26.8 Å². The Labute approximate surface area is 96.3 Å². The third kappa shape index (κ3) is 2.74. The van der Waals surface area contributed by atoms with Crippen LogP contribution in [0.2, 0.25) is 0 Å². The zero-order chi connectivity index (χ0) is 12.4. The molecule has 1 saturated carbocycles. The van der Waals surface area contributed by atoms with Crippen molar-refractivity contribution in [2.45, 2.75) is 56.7 Å². The third-order valence-corrected chi connectivity index (χ3v) is 5.37. The van der Waals surface area contributed by atoms with E-state index in [1.807, 2.05) is 0 Å². The lowest BCUT2D eigenvalue weighted by Gasteiger charge is -2.26. The second kappa shape index (κ2) is 4.71. The number of hydrogen-bond donors (Lipinski definition) is 2. The van der Waals surface area contributed by atoms with Gasteiger partial charge in [0.15, 0.2) is 0 Å². The van der Waals surface area contributed by atoms with E-state index in [2.05, 4.69) is 4.72 Å². The monoisotopic (exact) mass is 249 g/mol. The highest BCUT2D eigenvalue weighted by molar-refractivity contribution is 7.90. The van der Waals surface area contributed by atoms with Gasteiger partial charge in [-0.3, -0.25) is 4.79 Å². The minimum atomic E-state index is -3.51. The minimum Gasteiger partial charge on any atom is -0.480 e. The zero-order valence-electron chi connectivity index (χ0n) is 9.69. The van der Waals surface area contributed by atoms with Crippen LogP contribution in [0, 0.1) is 0 Å². The molecule has 6 heteroatoms. The van der Waals surface area contributed by atoms with E-state index in [-0.39, 0.29) is 6.42 Å². The predicted octanol–water partition coefficient (Wildman–Crippen LogP) is 1.10. The Morgan fingerprint density at radius 3 is 2.31 bits per heavy atom. The molecule has 16 heavy (non-hydrogen) atoms. The summed E-state index contributed by atoms with van der Waals surface area (Å²) in [4.78, 5) is 11.0. The van der Waals surface area contributed by atoms with Gasteiger partial charge in [0.1, 0.15) is 5.54 Å². The molecule has 5 nitrogen and oxygen atoms in total. The van der Waals surface area contributed by atoms with Crippen LogP contribution in [0.5, 0.6) is 0 Å². The summed E-state index contributed by atoms with van der Waals surface area (Å²) in [5.74, 6) is -1.13. The molecule has 0 radical (unpaired) electrons. The van der Waals surface area contributed by atoms with E-state index in [1.54, 1.807) is 6.92 Å². The van der Waals surface area contributed by atoms with Gasteiger partial charge < -0.3 is 5.11 Å². The normalized spacial score (nSPS) is 21.9. The molecule has 2 N–H and O–H groups in total. The zero-order valence-corrected chi connectivity index (χ0v) is 10.5. The highest BCUT2D eigenvalue weighted by atomic mass is 32.2. The molecule has 0 heterocycles. The Morgan fingerprint density at radius 1 is 1.44 bits per heavy atom. The van der Waals surface area contributed by atoms with Crippen molar-refractivity contribution in [3.8, 4) is 0 Å². The topological polar surface area (TPSA) is 83.5 Å². The van der Waals surface area contributed by atoms with Gasteiger partial charge in [0.05, 0.1) is 5.25 Å². The Hall–Kier alpha value is -0.620. The van der Waals surface area contributed by atoms with Crippen molar-refractivity contribution in [1.29, 1.82) is 0 Å². The number of sulfonamides is 1. The van der Waals surface area contributed by atoms with Crippen molar-refractivity contribution >= 4 is 16.0 Å². The maximum absolute atomic E-state index is 11.9. The van der Waals surface area contributed by atoms with Gasteiger partial charge in [0.25, 0.3) is 0 Å². The molecular formula is C10H19NO4S. The van der Waals surface area contributed by atoms with Crippen LogP contribution in [0.25, 0.3) is 0 Å². The summed E-state index contributed by atoms with van der Waals surface area (Å²) in [6.45, 7) is 3.06. The summed E-state index contributed by atoms with van der Waals surface area (Å²) >= 11 is 0. The first-order valence-corrected chi connectivity index (χ1v) is 7.12. The first-order valence-electron chi connectivity index (χ1n) is 5.58. The molecule has 0 aromatic rings. The molecule has 94 valence electrons. The minimum absolute atomic E-state index is 0.230. The van der Waals surface area contributed by atoms with Crippen LogP contribution in [0.4, 0.5) is 0 Å². The molecule has 1 aliphatic carbocycles. The van der Waals surface area contributed by atoms with Crippen LogP contribution >= 0.6 is 0 Å². The summed E-state index contributed by atoms with van der Waals surface area (Å²) in [5, 5.41) is 8.59. The maximum Gasteiger partial charge on any atom is 0.324 e. The lowest BCUT2D eigenvalue weighted by Crippen LogP contribution is -2.53. The fraction of sp³-hybridized carbons (Fsp3) is 0.900. The second-order valence-corrected chi connectivity index (χ2v) is 6.51. The fourth-order valence-electron chi connectivity index (χ4n) is 1.86. The Kier molecular flexibility index (Phi) is 3.96. The van der Waals surface area contributed by atoms with Crippen LogP contribution in [0.15, 0.2) is 0 Å². The van der Waals surface area contributed by atoms with Gasteiger partial charge in [-0.1, -0.05) is 19.8 Å². The number of carboxylic acid groups (broad SMARTS) is 1. The molecule has 0 aliphatic heterocycles. The average Bonchev–Trinajstić information content (AvgIpc) is 2.70. The summed E-state index contributed by atoms with van der Waals surface area (Å²) in [5.41, 5.74) is -1.39. The van der Waals surface area contributed by atoms with Gasteiger partial charge >= 0.3 is 5.97 Å². The summed E-state index contributed by atoms with van der Waals surface area (Å²) in [7, 11) is -3.51. The first-order chi connectivity index (χ1) is 7.32. The number of hydrogen-bond acceptors (Lipinski definition) is 3. The van der Waals surface area contributed by atoms with E-state index in [4.69, 9.17) is 5.11 Å². The standard InChI is InChI=1S/C10H19NO4S/c1-3-10(2,9(12)13)11-16(14,15)8-6-4-5-7-8/h8,11H,3-7H2,1-2H3,(H,12,13). The van der Waals surface area contributed by atoms with Crippen LogP contribution in [-0.4, -0.2) is 30.3 Å². The lowest BCUT2D eigenvalue weighted by molar-refractivity contribution is -0.143. The highest BCUT2D eigenvalue weighted by Crippen LogP contribution is 2.25. The van der Waals surface area contributed by atoms with E-state index in [0.29, 0.717) is 12.8 Å². The summed E-state index contributed by atoms with van der Waals surface area (Å²) in [6, 6.07) is 0. The van der Waals surface area contributed by atoms with Gasteiger partial charge in [-0.05, 0) is 26.2 Å². The lowest BCUT2D eigenvalue weighted by atomic mass is 10.0. The predicted molar refractivity (Wildman–Crippen MR) is 60.6 cm³/mol. The number of carbonyl (C=O) groups is 1. The van der Waals surface area contributed by atoms with E-state index in [1.165, 1.54) is 6.92 Å². The summed E-state index contributed by atoms with van der Waals surface area (Å²) < 4.78 is 26.2. The molecule has 1 rings (SSSR count). The first kappa shape index (κ1) is 13.4. The maximum atomic E-state index is 11.9. The third-order valence-electron chi connectivity index (χ3n) is 3.29. The van der Waals surface area contributed by atoms with E-state index in [9.17, 15) is 13.2 Å². The van der Waals surface area contributed by atoms with E-state index >= 15 is 0 Å². The molecule has 0 saturated heterocycles. The highest BCUT2D eigenvalue weighted by Gasteiger charge is 2.39. The van der Waals surface area contributed by atoms with Crippen molar-refractivity contribution in [1.82, 2.24) is 4.72 Å². The number of aliphatic carboxylic acids is 1. The molecule has 0 spiro atoms. The van der Waals surface area contributed by atoms with Crippen molar-refractivity contribution in [2.75, 3.05) is 0 Å². The number of rotatable bonds is 5. The molecule has 0 aromatic carbocycles. The molecule has 1 aliphatic rings. The van der Waals surface area contributed by atoms with Crippen LogP contribution in [-0.2, 0) is 14.8 Å². The molecular weight excluding hydrogens is 230 g/mol. The molecule has 0 bridgehead atoms. The Balaban J connectivity index is 2.82. The van der Waals surface area contributed by atoms with Crippen LogP contribution in [0.1, 0.15) is 46.0 Å². The number of carboxylic acids is 1. The van der Waals surface area contributed by atoms with Gasteiger partial charge in [-0.2, -0.15) is 4.72 Å². The molecule has 1 fully saturated rings. The van der Waals surface area contributed by atoms with Gasteiger partial charge in [-0.25, -0.2) is 8.42 Å². The van der Waals surface area contributed by atoms with Crippen LogP contribution < -0.4 is 4.72 Å². The second-order valence-electron chi connectivity index (χ2n) is 4.54. The fourth-order valence-corrected chi connectivity index (χ4v) is 3.84. The average molecular weight is 249 g/mol. The van der Waals surface area contributed by atoms with Crippen molar-refractivity contribution in [3.63, 3.8) is 0 Å². The van der Waals surface area contributed by atoms with Crippen molar-refractivity contribution in [3.05, 3.63) is 0 Å². The smallest absolute Gasteiger partial charge is 0.324 e. The van der Waals surface area contributed by atoms with E-state index in [0.717, 1.165) is 12.8 Å². The SMILES string of the molecule is CCC(C)(NS(=O)(=O)C1CCCC1)C(=O)O. The Morgan fingerprint density at radius 2 is 1.94 bits per heavy atom. The van der Waals surface area contributed by atoms with Gasteiger partial charge in [-0.15, -0.1) is 0 Å². The quantitative estimate of drug-likeness (QED) is 0.764. The van der Waals surface area contributed by atoms with Crippen molar-refractivity contribution < 1.29 is 18.3 Å². The van der Waals surface area contributed by atoms with Crippen molar-refractivity contribution in [2.24, 2.45) is 0 Å². The van der Waals surface area contributed by atoms with Crippen LogP contribution in [0.3, 0.4) is 0 Å². The molecule has 1 unspecified atom stereocenters. The largest absolute Gasteiger partial charge is 0.480 e. The molecule has 0 amide bonds. The Bertz CT molecular complexity index is 359. The molecule has 1 atom stereocenters. The van der Waals surface area contributed by atoms with Gasteiger partial charge in [0, 0.05) is 0 Å². The number of nitrogens with one attached hydrogen (secondary N) is 1. The molecule has 0 aromatic heterocycles. The van der Waals surface area contributed by atoms with Gasteiger partial charge in [0.2, 0.25) is 10.0 Å².